The van der Waals surface area contributed by atoms with Crippen LogP contribution in [0, 0.1) is 9.49 Å². The summed E-state index contributed by atoms with van der Waals surface area (Å²) < 4.78 is 1.22. The Balaban J connectivity index is 1.82. The monoisotopic (exact) mass is 343 g/mol. The van der Waals surface area contributed by atoms with Gasteiger partial charge in [0.15, 0.2) is 0 Å². The van der Waals surface area contributed by atoms with Gasteiger partial charge in [-0.15, -0.1) is 0 Å². The molecule has 1 aromatic carbocycles. The molecular formula is C14H18INO. The van der Waals surface area contributed by atoms with Gasteiger partial charge in [0.2, 0.25) is 0 Å². The van der Waals surface area contributed by atoms with Gasteiger partial charge < -0.3 is 5.32 Å². The van der Waals surface area contributed by atoms with E-state index in [4.69, 9.17) is 0 Å². The minimum atomic E-state index is 0.375. The molecule has 1 fully saturated rings. The molecule has 1 atom stereocenters. The minimum Gasteiger partial charge on any atom is -0.316 e. The van der Waals surface area contributed by atoms with Gasteiger partial charge in [0.1, 0.15) is 5.78 Å². The average molecular weight is 343 g/mol. The highest BCUT2D eigenvalue weighted by Crippen LogP contribution is 2.16. The molecule has 2 rings (SSSR count). The van der Waals surface area contributed by atoms with E-state index in [1.54, 1.807) is 0 Å². The first-order chi connectivity index (χ1) is 8.24. The Bertz CT molecular complexity index is 368. The average Bonchev–Trinajstić information content (AvgIpc) is 2.33. The maximum Gasteiger partial charge on any atom is 0.137 e. The highest BCUT2D eigenvalue weighted by atomic mass is 127. The fraction of sp³-hybridized carbons (Fsp3) is 0.500. The quantitative estimate of drug-likeness (QED) is 0.852. The molecule has 1 unspecified atom stereocenters. The van der Waals surface area contributed by atoms with E-state index in [9.17, 15) is 4.79 Å². The van der Waals surface area contributed by atoms with Crippen LogP contribution in [-0.2, 0) is 11.2 Å². The fourth-order valence-corrected chi connectivity index (χ4v) is 2.68. The number of carbonyl (C=O) groups is 1. The fourth-order valence-electron chi connectivity index (χ4n) is 2.32. The number of hydrogen-bond acceptors (Lipinski definition) is 2. The molecule has 0 radical (unpaired) electrons. The number of ketones is 1. The predicted octanol–water partition coefficient (Wildman–Crippen LogP) is 2.79. The molecule has 0 saturated carbocycles. The topological polar surface area (TPSA) is 29.1 Å². The van der Waals surface area contributed by atoms with E-state index < -0.39 is 0 Å². The van der Waals surface area contributed by atoms with Gasteiger partial charge in [0, 0.05) is 16.4 Å². The van der Waals surface area contributed by atoms with E-state index in [1.165, 1.54) is 16.4 Å². The van der Waals surface area contributed by atoms with Crippen molar-refractivity contribution in [3.8, 4) is 0 Å². The third-order valence-corrected chi connectivity index (χ3v) is 3.95. The van der Waals surface area contributed by atoms with Gasteiger partial charge in [0.05, 0.1) is 0 Å². The Morgan fingerprint density at radius 2 is 2.12 bits per heavy atom. The zero-order valence-electron chi connectivity index (χ0n) is 9.92. The lowest BCUT2D eigenvalue weighted by Crippen LogP contribution is -2.31. The Morgan fingerprint density at radius 3 is 2.76 bits per heavy atom. The van der Waals surface area contributed by atoms with Gasteiger partial charge in [-0.05, 0) is 72.1 Å². The van der Waals surface area contributed by atoms with Crippen molar-refractivity contribution in [1.82, 2.24) is 5.32 Å². The summed E-state index contributed by atoms with van der Waals surface area (Å²) in [7, 11) is 0. The number of hydrogen-bond donors (Lipinski definition) is 1. The van der Waals surface area contributed by atoms with E-state index in [-0.39, 0.29) is 0 Å². The van der Waals surface area contributed by atoms with Gasteiger partial charge in [-0.1, -0.05) is 12.1 Å². The maximum atomic E-state index is 11.9. The summed E-state index contributed by atoms with van der Waals surface area (Å²) in [6.45, 7) is 2.13. The Hall–Kier alpha value is -0.420. The van der Waals surface area contributed by atoms with Gasteiger partial charge >= 0.3 is 0 Å². The summed E-state index contributed by atoms with van der Waals surface area (Å²) in [6.07, 6.45) is 3.74. The van der Waals surface area contributed by atoms with Crippen molar-refractivity contribution < 1.29 is 4.79 Å². The molecular weight excluding hydrogens is 325 g/mol. The summed E-state index contributed by atoms with van der Waals surface area (Å²) in [5.74, 6) is 0.931. The van der Waals surface area contributed by atoms with Gasteiger partial charge in [0.25, 0.3) is 0 Å². The molecule has 0 spiro atoms. The molecule has 2 nitrogen and oxygen atoms in total. The van der Waals surface area contributed by atoms with Crippen molar-refractivity contribution in [2.24, 2.45) is 5.92 Å². The molecule has 17 heavy (non-hydrogen) atoms. The molecule has 3 heteroatoms. The van der Waals surface area contributed by atoms with Crippen molar-refractivity contribution in [3.63, 3.8) is 0 Å². The smallest absolute Gasteiger partial charge is 0.137 e. The zero-order valence-corrected chi connectivity index (χ0v) is 12.1. The van der Waals surface area contributed by atoms with Gasteiger partial charge in [-0.2, -0.15) is 0 Å². The lowest BCUT2D eigenvalue weighted by Gasteiger charge is -2.21. The third-order valence-electron chi connectivity index (χ3n) is 3.23. The molecule has 1 aliphatic heterocycles. The Labute approximate surface area is 116 Å². The number of piperidine rings is 1. The molecule has 1 saturated heterocycles. The summed E-state index contributed by atoms with van der Waals surface area (Å²) in [6, 6.07) is 8.23. The number of nitrogens with one attached hydrogen (secondary N) is 1. The lowest BCUT2D eigenvalue weighted by atomic mass is 9.92. The second-order valence-electron chi connectivity index (χ2n) is 4.76. The predicted molar refractivity (Wildman–Crippen MR) is 78.1 cm³/mol. The van der Waals surface area contributed by atoms with Crippen LogP contribution in [0.15, 0.2) is 24.3 Å². The number of Topliss-reactive ketones (excluding diaryl/α,β-unsaturated/α-hetero) is 1. The number of rotatable bonds is 4. The molecule has 0 aliphatic carbocycles. The summed E-state index contributed by atoms with van der Waals surface area (Å²) in [4.78, 5) is 11.9. The van der Waals surface area contributed by atoms with Crippen LogP contribution in [0.5, 0.6) is 0 Å². The van der Waals surface area contributed by atoms with Crippen molar-refractivity contribution in [3.05, 3.63) is 33.4 Å². The van der Waals surface area contributed by atoms with Crippen molar-refractivity contribution in [2.75, 3.05) is 13.1 Å². The first-order valence-electron chi connectivity index (χ1n) is 6.21. The molecule has 1 N–H and O–H groups in total. The maximum absolute atomic E-state index is 11.9. The van der Waals surface area contributed by atoms with Gasteiger partial charge in [-0.3, -0.25) is 4.79 Å². The van der Waals surface area contributed by atoms with Crippen LogP contribution in [0.25, 0.3) is 0 Å². The van der Waals surface area contributed by atoms with Crippen molar-refractivity contribution in [2.45, 2.75) is 25.7 Å². The van der Waals surface area contributed by atoms with E-state index in [0.29, 0.717) is 18.1 Å². The Morgan fingerprint density at radius 1 is 1.35 bits per heavy atom. The third kappa shape index (κ3) is 4.39. The highest BCUT2D eigenvalue weighted by Gasteiger charge is 2.16. The second kappa shape index (κ2) is 6.50. The molecule has 92 valence electrons. The summed E-state index contributed by atoms with van der Waals surface area (Å²) in [5.41, 5.74) is 1.14. The van der Waals surface area contributed by atoms with Crippen LogP contribution in [0.1, 0.15) is 24.8 Å². The van der Waals surface area contributed by atoms with E-state index in [2.05, 4.69) is 52.2 Å². The standard InChI is InChI=1S/C14H18INO/c15-13-5-3-11(4-6-13)8-14(17)9-12-2-1-7-16-10-12/h3-6,12,16H,1-2,7-10H2. The first kappa shape index (κ1) is 13.0. The number of carbonyl (C=O) groups excluding carboxylic acids is 1. The van der Waals surface area contributed by atoms with Crippen LogP contribution < -0.4 is 5.32 Å². The molecule has 1 aromatic rings. The zero-order chi connectivity index (χ0) is 12.1. The van der Waals surface area contributed by atoms with E-state index in [0.717, 1.165) is 25.1 Å². The second-order valence-corrected chi connectivity index (χ2v) is 6.00. The number of benzene rings is 1. The minimum absolute atomic E-state index is 0.375. The Kier molecular flexibility index (Phi) is 4.98. The molecule has 1 aliphatic rings. The van der Waals surface area contributed by atoms with Crippen molar-refractivity contribution in [1.29, 1.82) is 0 Å². The summed E-state index contributed by atoms with van der Waals surface area (Å²) >= 11 is 2.28. The van der Waals surface area contributed by atoms with Crippen LogP contribution >= 0.6 is 22.6 Å². The molecule has 0 aromatic heterocycles. The van der Waals surface area contributed by atoms with Gasteiger partial charge in [-0.25, -0.2) is 0 Å². The number of halogens is 1. The first-order valence-corrected chi connectivity index (χ1v) is 7.29. The molecule has 1 heterocycles. The van der Waals surface area contributed by atoms with Crippen LogP contribution in [0.2, 0.25) is 0 Å². The van der Waals surface area contributed by atoms with E-state index in [1.807, 2.05) is 0 Å². The van der Waals surface area contributed by atoms with E-state index >= 15 is 0 Å². The normalized spacial score (nSPS) is 20.2. The highest BCUT2D eigenvalue weighted by molar-refractivity contribution is 14.1. The molecule has 0 amide bonds. The molecule has 0 bridgehead atoms. The summed E-state index contributed by atoms with van der Waals surface area (Å²) in [5, 5.41) is 3.36. The van der Waals surface area contributed by atoms with Crippen LogP contribution in [-0.4, -0.2) is 18.9 Å². The van der Waals surface area contributed by atoms with Crippen molar-refractivity contribution >= 4 is 28.4 Å². The largest absolute Gasteiger partial charge is 0.316 e. The lowest BCUT2D eigenvalue weighted by molar-refractivity contribution is -0.119. The SMILES string of the molecule is O=C(Cc1ccc(I)cc1)CC1CCCNC1. The van der Waals surface area contributed by atoms with Crippen LogP contribution in [0.3, 0.4) is 0 Å². The van der Waals surface area contributed by atoms with Crippen LogP contribution in [0.4, 0.5) is 0 Å².